The molecule has 3 aromatic rings. The maximum atomic E-state index is 5.43. The Morgan fingerprint density at radius 1 is 1.12 bits per heavy atom. The van der Waals surface area contributed by atoms with E-state index in [1.165, 1.54) is 5.56 Å². The zero-order valence-corrected chi connectivity index (χ0v) is 14.2. The summed E-state index contributed by atoms with van der Waals surface area (Å²) in [6, 6.07) is 8.19. The number of rotatable bonds is 8. The van der Waals surface area contributed by atoms with Gasteiger partial charge in [0.1, 0.15) is 17.6 Å². The van der Waals surface area contributed by atoms with Crippen molar-refractivity contribution in [2.45, 2.75) is 26.2 Å². The molecule has 2 heterocycles. The van der Waals surface area contributed by atoms with Gasteiger partial charge in [0.25, 0.3) is 0 Å². The fourth-order valence-corrected chi connectivity index (χ4v) is 2.96. The lowest BCUT2D eigenvalue weighted by Crippen LogP contribution is -2.27. The SMILES string of the molecule is CCCN(CCCc1ccccc1OC)c1ncnc2nc[nH]c12. The number of hydrogen-bond donors (Lipinski definition) is 1. The minimum absolute atomic E-state index is 0.714. The quantitative estimate of drug-likeness (QED) is 0.689. The van der Waals surface area contributed by atoms with Gasteiger partial charge in [0.05, 0.1) is 13.4 Å². The van der Waals surface area contributed by atoms with Crippen LogP contribution in [0.3, 0.4) is 0 Å². The van der Waals surface area contributed by atoms with Gasteiger partial charge in [0, 0.05) is 13.1 Å². The topological polar surface area (TPSA) is 66.9 Å². The molecule has 0 aliphatic heterocycles. The van der Waals surface area contributed by atoms with Crippen LogP contribution in [0.1, 0.15) is 25.3 Å². The van der Waals surface area contributed by atoms with Crippen LogP contribution in [0, 0.1) is 0 Å². The number of hydrogen-bond acceptors (Lipinski definition) is 5. The van der Waals surface area contributed by atoms with Crippen molar-refractivity contribution in [3.63, 3.8) is 0 Å². The number of para-hydroxylation sites is 1. The summed E-state index contributed by atoms with van der Waals surface area (Å²) in [5, 5.41) is 0. The first-order valence-corrected chi connectivity index (χ1v) is 8.34. The number of methoxy groups -OCH3 is 1. The maximum Gasteiger partial charge on any atom is 0.182 e. The predicted molar refractivity (Wildman–Crippen MR) is 95.5 cm³/mol. The minimum atomic E-state index is 0.714. The van der Waals surface area contributed by atoms with Gasteiger partial charge < -0.3 is 14.6 Å². The molecule has 0 saturated heterocycles. The molecule has 3 rings (SSSR count). The van der Waals surface area contributed by atoms with E-state index in [-0.39, 0.29) is 0 Å². The van der Waals surface area contributed by atoms with Crippen LogP contribution in [0.25, 0.3) is 11.2 Å². The number of aromatic amines is 1. The number of fused-ring (bicyclic) bond motifs is 1. The number of H-pyrrole nitrogens is 1. The molecular formula is C18H23N5O. The van der Waals surface area contributed by atoms with E-state index in [0.717, 1.165) is 49.4 Å². The number of anilines is 1. The van der Waals surface area contributed by atoms with Crippen LogP contribution in [0.5, 0.6) is 5.75 Å². The molecule has 6 nitrogen and oxygen atoms in total. The minimum Gasteiger partial charge on any atom is -0.496 e. The normalized spacial score (nSPS) is 10.9. The summed E-state index contributed by atoms with van der Waals surface area (Å²) < 4.78 is 5.43. The lowest BCUT2D eigenvalue weighted by molar-refractivity contribution is 0.409. The zero-order chi connectivity index (χ0) is 16.8. The maximum absolute atomic E-state index is 5.43. The second kappa shape index (κ2) is 7.77. The van der Waals surface area contributed by atoms with Crippen LogP contribution >= 0.6 is 0 Å². The van der Waals surface area contributed by atoms with E-state index < -0.39 is 0 Å². The van der Waals surface area contributed by atoms with Crippen molar-refractivity contribution in [1.82, 2.24) is 19.9 Å². The summed E-state index contributed by atoms with van der Waals surface area (Å²) in [6.45, 7) is 4.06. The summed E-state index contributed by atoms with van der Waals surface area (Å²) in [6.07, 6.45) is 6.32. The number of benzene rings is 1. The van der Waals surface area contributed by atoms with Gasteiger partial charge in [0.15, 0.2) is 11.5 Å². The Morgan fingerprint density at radius 2 is 2.00 bits per heavy atom. The molecule has 0 unspecified atom stereocenters. The van der Waals surface area contributed by atoms with Crippen molar-refractivity contribution in [2.24, 2.45) is 0 Å². The lowest BCUT2D eigenvalue weighted by atomic mass is 10.1. The summed E-state index contributed by atoms with van der Waals surface area (Å²) in [4.78, 5) is 18.4. The molecule has 0 amide bonds. The number of aryl methyl sites for hydroxylation is 1. The van der Waals surface area contributed by atoms with E-state index in [1.54, 1.807) is 19.8 Å². The van der Waals surface area contributed by atoms with Gasteiger partial charge in [-0.15, -0.1) is 0 Å². The van der Waals surface area contributed by atoms with Gasteiger partial charge in [0.2, 0.25) is 0 Å². The van der Waals surface area contributed by atoms with E-state index >= 15 is 0 Å². The first-order chi connectivity index (χ1) is 11.8. The van der Waals surface area contributed by atoms with Crippen LogP contribution in [0.2, 0.25) is 0 Å². The highest BCUT2D eigenvalue weighted by Crippen LogP contribution is 2.22. The molecule has 126 valence electrons. The summed E-state index contributed by atoms with van der Waals surface area (Å²) in [7, 11) is 1.72. The first-order valence-electron chi connectivity index (χ1n) is 8.34. The molecule has 1 aromatic carbocycles. The molecule has 0 spiro atoms. The Hall–Kier alpha value is -2.63. The zero-order valence-electron chi connectivity index (χ0n) is 14.2. The first kappa shape index (κ1) is 16.2. The molecule has 0 atom stereocenters. The molecule has 6 heteroatoms. The Labute approximate surface area is 141 Å². The third-order valence-corrected chi connectivity index (χ3v) is 4.06. The lowest BCUT2D eigenvalue weighted by Gasteiger charge is -2.23. The number of imidazole rings is 1. The standard InChI is InChI=1S/C18H23N5O/c1-3-10-23(18-16-17(20-12-19-16)21-13-22-18)11-6-8-14-7-4-5-9-15(14)24-2/h4-5,7,9,12-13H,3,6,8,10-11H2,1-2H3,(H,19,20,21,22). The number of nitrogens with one attached hydrogen (secondary N) is 1. The molecule has 24 heavy (non-hydrogen) atoms. The predicted octanol–water partition coefficient (Wildman–Crippen LogP) is 3.21. The van der Waals surface area contributed by atoms with E-state index in [4.69, 9.17) is 4.74 Å². The molecule has 0 radical (unpaired) electrons. The fraction of sp³-hybridized carbons (Fsp3) is 0.389. The van der Waals surface area contributed by atoms with E-state index in [0.29, 0.717) is 5.65 Å². The molecular weight excluding hydrogens is 302 g/mol. The fourth-order valence-electron chi connectivity index (χ4n) is 2.96. The van der Waals surface area contributed by atoms with E-state index in [9.17, 15) is 0 Å². The Morgan fingerprint density at radius 3 is 2.83 bits per heavy atom. The van der Waals surface area contributed by atoms with Gasteiger partial charge in [-0.3, -0.25) is 0 Å². The second-order valence-electron chi connectivity index (χ2n) is 5.70. The highest BCUT2D eigenvalue weighted by molar-refractivity contribution is 5.82. The van der Waals surface area contributed by atoms with Crippen molar-refractivity contribution in [2.75, 3.05) is 25.1 Å². The average molecular weight is 325 g/mol. The third kappa shape index (κ3) is 3.48. The van der Waals surface area contributed by atoms with Gasteiger partial charge >= 0.3 is 0 Å². The summed E-state index contributed by atoms with van der Waals surface area (Å²) in [5.74, 6) is 1.89. The van der Waals surface area contributed by atoms with Crippen molar-refractivity contribution >= 4 is 17.0 Å². The smallest absolute Gasteiger partial charge is 0.182 e. The van der Waals surface area contributed by atoms with Gasteiger partial charge in [-0.05, 0) is 30.9 Å². The Kier molecular flexibility index (Phi) is 5.25. The monoisotopic (exact) mass is 325 g/mol. The Balaban J connectivity index is 1.72. The molecule has 2 aromatic heterocycles. The average Bonchev–Trinajstić information content (AvgIpc) is 3.10. The summed E-state index contributed by atoms with van der Waals surface area (Å²) >= 11 is 0. The number of nitrogens with zero attached hydrogens (tertiary/aromatic N) is 4. The molecule has 0 aliphatic carbocycles. The van der Waals surface area contributed by atoms with Gasteiger partial charge in [-0.2, -0.15) is 0 Å². The molecule has 0 aliphatic rings. The van der Waals surface area contributed by atoms with Crippen LogP contribution < -0.4 is 9.64 Å². The van der Waals surface area contributed by atoms with Crippen LogP contribution in [-0.2, 0) is 6.42 Å². The van der Waals surface area contributed by atoms with Crippen molar-refractivity contribution in [3.05, 3.63) is 42.5 Å². The largest absolute Gasteiger partial charge is 0.496 e. The highest BCUT2D eigenvalue weighted by Gasteiger charge is 2.13. The van der Waals surface area contributed by atoms with E-state index in [1.807, 2.05) is 12.1 Å². The highest BCUT2D eigenvalue weighted by atomic mass is 16.5. The van der Waals surface area contributed by atoms with Crippen LogP contribution in [0.15, 0.2) is 36.9 Å². The van der Waals surface area contributed by atoms with Crippen molar-refractivity contribution in [1.29, 1.82) is 0 Å². The van der Waals surface area contributed by atoms with Gasteiger partial charge in [-0.25, -0.2) is 15.0 Å². The van der Waals surface area contributed by atoms with E-state index in [2.05, 4.69) is 43.9 Å². The van der Waals surface area contributed by atoms with Crippen molar-refractivity contribution in [3.8, 4) is 5.75 Å². The second-order valence-corrected chi connectivity index (χ2v) is 5.70. The van der Waals surface area contributed by atoms with Crippen LogP contribution in [0.4, 0.5) is 5.82 Å². The number of ether oxygens (including phenoxy) is 1. The number of aromatic nitrogens is 4. The van der Waals surface area contributed by atoms with Crippen molar-refractivity contribution < 1.29 is 4.74 Å². The molecule has 1 N–H and O–H groups in total. The Bertz CT molecular complexity index is 786. The molecule has 0 bridgehead atoms. The third-order valence-electron chi connectivity index (χ3n) is 4.06. The summed E-state index contributed by atoms with van der Waals surface area (Å²) in [5.41, 5.74) is 2.86. The van der Waals surface area contributed by atoms with Gasteiger partial charge in [-0.1, -0.05) is 25.1 Å². The van der Waals surface area contributed by atoms with Crippen LogP contribution in [-0.4, -0.2) is 40.1 Å². The molecule has 0 saturated carbocycles. The molecule has 0 fully saturated rings.